The van der Waals surface area contributed by atoms with Gasteiger partial charge in [0, 0.05) is 30.5 Å². The smallest absolute Gasteiger partial charge is 0.270 e. The quantitative estimate of drug-likeness (QED) is 0.817. The molecule has 0 radical (unpaired) electrons. The number of nitrogens with one attached hydrogen (secondary N) is 2. The van der Waals surface area contributed by atoms with Crippen molar-refractivity contribution >= 4 is 23.0 Å². The summed E-state index contributed by atoms with van der Waals surface area (Å²) in [5.41, 5.74) is 3.55. The largest absolute Gasteiger partial charge is 0.372 e. The number of aromatic nitrogens is 1. The highest BCUT2D eigenvalue weighted by Gasteiger charge is 2.24. The number of benzene rings is 1. The lowest BCUT2D eigenvalue weighted by Gasteiger charge is -2.21. The minimum atomic E-state index is -0.0902. The summed E-state index contributed by atoms with van der Waals surface area (Å²) in [5, 5.41) is 6.25. The van der Waals surface area contributed by atoms with E-state index in [4.69, 9.17) is 0 Å². The number of amides is 1. The molecule has 5 heteroatoms. The molecule has 1 aliphatic carbocycles. The highest BCUT2D eigenvalue weighted by atomic mass is 16.2. The third kappa shape index (κ3) is 4.04. The second-order valence-corrected chi connectivity index (χ2v) is 6.02. The number of hydrogen-bond donors (Lipinski definition) is 2. The van der Waals surface area contributed by atoms with Crippen molar-refractivity contribution < 1.29 is 4.79 Å². The lowest BCUT2D eigenvalue weighted by molar-refractivity contribution is 0.0946. The van der Waals surface area contributed by atoms with Crippen LogP contribution in [0.15, 0.2) is 42.6 Å². The Bertz CT molecular complexity index is 674. The predicted molar refractivity (Wildman–Crippen MR) is 98.0 cm³/mol. The van der Waals surface area contributed by atoms with Crippen molar-refractivity contribution in [2.45, 2.75) is 32.7 Å². The van der Waals surface area contributed by atoms with Crippen molar-refractivity contribution in [1.82, 2.24) is 10.3 Å². The van der Waals surface area contributed by atoms with Gasteiger partial charge in [-0.05, 0) is 63.1 Å². The van der Waals surface area contributed by atoms with E-state index in [1.54, 1.807) is 12.3 Å². The molecule has 1 aliphatic rings. The number of carbonyl (C=O) groups excluding carboxylic acids is 1. The van der Waals surface area contributed by atoms with Gasteiger partial charge in [0.1, 0.15) is 5.69 Å². The molecule has 24 heavy (non-hydrogen) atoms. The van der Waals surface area contributed by atoms with E-state index in [2.05, 4.69) is 58.6 Å². The van der Waals surface area contributed by atoms with Crippen molar-refractivity contribution in [3.63, 3.8) is 0 Å². The van der Waals surface area contributed by atoms with E-state index in [1.165, 1.54) is 5.69 Å². The molecule has 0 atom stereocenters. The van der Waals surface area contributed by atoms with Crippen LogP contribution in [0.2, 0.25) is 0 Å². The molecule has 2 N–H and O–H groups in total. The Labute approximate surface area is 143 Å². The van der Waals surface area contributed by atoms with E-state index in [9.17, 15) is 4.79 Å². The van der Waals surface area contributed by atoms with Crippen molar-refractivity contribution in [3.05, 3.63) is 48.3 Å². The lowest BCUT2D eigenvalue weighted by Crippen LogP contribution is -2.26. The third-order valence-corrected chi connectivity index (χ3v) is 4.19. The Morgan fingerprint density at radius 1 is 1.08 bits per heavy atom. The average molecular weight is 324 g/mol. The third-order valence-electron chi connectivity index (χ3n) is 4.19. The molecule has 1 amide bonds. The zero-order chi connectivity index (χ0) is 16.9. The normalized spacial score (nSPS) is 13.4. The topological polar surface area (TPSA) is 57.3 Å². The number of carbonyl (C=O) groups is 1. The first-order chi connectivity index (χ1) is 11.7. The standard InChI is InChI=1S/C19H24N4O/c1-3-23(4-2)17-10-7-14(8-11-17)21-16-9-12-18(20-13-16)19(24)22-15-5-6-15/h7-13,15,21H,3-6H2,1-2H3,(H,22,24). The van der Waals surface area contributed by atoms with Gasteiger partial charge < -0.3 is 15.5 Å². The number of hydrogen-bond acceptors (Lipinski definition) is 4. The lowest BCUT2D eigenvalue weighted by atomic mass is 10.2. The van der Waals surface area contributed by atoms with Crippen LogP contribution in [0, 0.1) is 0 Å². The zero-order valence-corrected chi connectivity index (χ0v) is 14.2. The number of anilines is 3. The van der Waals surface area contributed by atoms with Crippen LogP contribution in [0.5, 0.6) is 0 Å². The molecule has 1 fully saturated rings. The van der Waals surface area contributed by atoms with Gasteiger partial charge in [0.05, 0.1) is 11.9 Å². The first-order valence-corrected chi connectivity index (χ1v) is 8.58. The predicted octanol–water partition coefficient (Wildman–Crippen LogP) is 3.56. The van der Waals surface area contributed by atoms with Gasteiger partial charge in [-0.15, -0.1) is 0 Å². The van der Waals surface area contributed by atoms with Crippen LogP contribution in [0.1, 0.15) is 37.2 Å². The molecule has 1 saturated carbocycles. The van der Waals surface area contributed by atoms with Crippen molar-refractivity contribution in [1.29, 1.82) is 0 Å². The van der Waals surface area contributed by atoms with E-state index in [-0.39, 0.29) is 5.91 Å². The number of nitrogens with zero attached hydrogens (tertiary/aromatic N) is 2. The summed E-state index contributed by atoms with van der Waals surface area (Å²) < 4.78 is 0. The Balaban J connectivity index is 1.62. The summed E-state index contributed by atoms with van der Waals surface area (Å²) in [7, 11) is 0. The van der Waals surface area contributed by atoms with E-state index >= 15 is 0 Å². The van der Waals surface area contributed by atoms with E-state index in [0.29, 0.717) is 11.7 Å². The molecule has 0 bridgehead atoms. The fourth-order valence-corrected chi connectivity index (χ4v) is 2.60. The van der Waals surface area contributed by atoms with Crippen LogP contribution in [0.3, 0.4) is 0 Å². The Hall–Kier alpha value is -2.56. The monoisotopic (exact) mass is 324 g/mol. The summed E-state index contributed by atoms with van der Waals surface area (Å²) >= 11 is 0. The van der Waals surface area contributed by atoms with Crippen molar-refractivity contribution in [2.75, 3.05) is 23.3 Å². The van der Waals surface area contributed by atoms with Gasteiger partial charge in [-0.3, -0.25) is 4.79 Å². The van der Waals surface area contributed by atoms with E-state index < -0.39 is 0 Å². The molecule has 126 valence electrons. The van der Waals surface area contributed by atoms with Crippen molar-refractivity contribution in [2.24, 2.45) is 0 Å². The summed E-state index contributed by atoms with van der Waals surface area (Å²) in [5.74, 6) is -0.0902. The fraction of sp³-hybridized carbons (Fsp3) is 0.368. The summed E-state index contributed by atoms with van der Waals surface area (Å²) in [6.07, 6.45) is 3.85. The van der Waals surface area contributed by atoms with Gasteiger partial charge in [-0.1, -0.05) is 0 Å². The maximum absolute atomic E-state index is 11.9. The molecule has 3 rings (SSSR count). The van der Waals surface area contributed by atoms with Gasteiger partial charge in [0.25, 0.3) is 5.91 Å². The second-order valence-electron chi connectivity index (χ2n) is 6.02. The molecular formula is C19H24N4O. The summed E-state index contributed by atoms with van der Waals surface area (Å²) in [4.78, 5) is 18.5. The molecule has 2 aromatic rings. The molecule has 0 aliphatic heterocycles. The SMILES string of the molecule is CCN(CC)c1ccc(Nc2ccc(C(=O)NC3CC3)nc2)cc1. The number of rotatable bonds is 7. The molecule has 0 saturated heterocycles. The zero-order valence-electron chi connectivity index (χ0n) is 14.2. The molecule has 0 unspecified atom stereocenters. The average Bonchev–Trinajstić information content (AvgIpc) is 3.42. The second kappa shape index (κ2) is 7.34. The molecule has 1 aromatic heterocycles. The molecular weight excluding hydrogens is 300 g/mol. The van der Waals surface area contributed by atoms with Crippen LogP contribution >= 0.6 is 0 Å². The molecule has 1 aromatic carbocycles. The van der Waals surface area contributed by atoms with Gasteiger partial charge in [0.2, 0.25) is 0 Å². The Morgan fingerprint density at radius 2 is 1.75 bits per heavy atom. The van der Waals surface area contributed by atoms with Crippen LogP contribution in [-0.4, -0.2) is 30.0 Å². The minimum Gasteiger partial charge on any atom is -0.372 e. The summed E-state index contributed by atoms with van der Waals surface area (Å²) in [6, 6.07) is 12.3. The van der Waals surface area contributed by atoms with Gasteiger partial charge in [-0.25, -0.2) is 4.98 Å². The Kier molecular flexibility index (Phi) is 4.99. The van der Waals surface area contributed by atoms with Crippen LogP contribution in [0.4, 0.5) is 17.1 Å². The minimum absolute atomic E-state index is 0.0902. The highest BCUT2D eigenvalue weighted by Crippen LogP contribution is 2.21. The van der Waals surface area contributed by atoms with Crippen LogP contribution < -0.4 is 15.5 Å². The molecule has 5 nitrogen and oxygen atoms in total. The first-order valence-electron chi connectivity index (χ1n) is 8.58. The maximum atomic E-state index is 11.9. The van der Waals surface area contributed by atoms with Gasteiger partial charge in [-0.2, -0.15) is 0 Å². The van der Waals surface area contributed by atoms with Crippen LogP contribution in [0.25, 0.3) is 0 Å². The van der Waals surface area contributed by atoms with Gasteiger partial charge in [0.15, 0.2) is 0 Å². The fourth-order valence-electron chi connectivity index (χ4n) is 2.60. The van der Waals surface area contributed by atoms with E-state index in [0.717, 1.165) is 37.3 Å². The molecule has 0 spiro atoms. The Morgan fingerprint density at radius 3 is 2.29 bits per heavy atom. The van der Waals surface area contributed by atoms with Crippen molar-refractivity contribution in [3.8, 4) is 0 Å². The summed E-state index contributed by atoms with van der Waals surface area (Å²) in [6.45, 7) is 6.31. The highest BCUT2D eigenvalue weighted by molar-refractivity contribution is 5.92. The first kappa shape index (κ1) is 16.3. The van der Waals surface area contributed by atoms with Gasteiger partial charge >= 0.3 is 0 Å². The number of pyridine rings is 1. The molecule has 1 heterocycles. The maximum Gasteiger partial charge on any atom is 0.270 e. The van der Waals surface area contributed by atoms with E-state index in [1.807, 2.05) is 6.07 Å². The van der Waals surface area contributed by atoms with Crippen LogP contribution in [-0.2, 0) is 0 Å².